The molecule has 3 aliphatic carbocycles. The molecule has 11 heterocycles. The normalized spacial score (nSPS) is 19.9. The maximum absolute atomic E-state index is 13.6. The fourth-order valence-corrected chi connectivity index (χ4v) is 12.4. The van der Waals surface area contributed by atoms with Crippen molar-refractivity contribution in [3.8, 4) is 34.6 Å². The Hall–Kier alpha value is -11.0. The van der Waals surface area contributed by atoms with Gasteiger partial charge in [0.1, 0.15) is 46.2 Å². The van der Waals surface area contributed by atoms with E-state index in [0.717, 1.165) is 52.6 Å². The zero-order chi connectivity index (χ0) is 76.5. The number of aryl methyl sites for hydroxylation is 4. The number of nitrogens with two attached hydrogens (primary N) is 2. The number of nitrogen functional groups attached to an aromatic ring is 2. The second-order valence-corrected chi connectivity index (χ2v) is 27.0. The second-order valence-electron chi connectivity index (χ2n) is 26.5. The Morgan fingerprint density at radius 2 is 0.868 bits per heavy atom. The number of nitrogens with zero attached hydrogens (tertiary/aromatic N) is 14. The van der Waals surface area contributed by atoms with Gasteiger partial charge in [-0.1, -0.05) is 11.6 Å². The summed E-state index contributed by atoms with van der Waals surface area (Å²) in [5.74, 6) is -13.4. The minimum absolute atomic E-state index is 0.00200. The number of pyridine rings is 2. The van der Waals surface area contributed by atoms with Crippen molar-refractivity contribution in [1.29, 1.82) is 0 Å². The van der Waals surface area contributed by atoms with Crippen LogP contribution in [0.25, 0.3) is 67.5 Å². The van der Waals surface area contributed by atoms with Crippen molar-refractivity contribution in [3.63, 3.8) is 0 Å². The number of carbonyl (C=O) groups excluding carboxylic acids is 6. The van der Waals surface area contributed by atoms with Gasteiger partial charge in [0.2, 0.25) is 35.4 Å². The number of nitrogens with one attached hydrogen (secondary N) is 6. The smallest absolute Gasteiger partial charge is 0.383 e. The first-order chi connectivity index (χ1) is 49.6. The van der Waals surface area contributed by atoms with Crippen LogP contribution in [0.2, 0.25) is 5.02 Å². The van der Waals surface area contributed by atoms with Gasteiger partial charge in [-0.15, -0.1) is 0 Å². The quantitative estimate of drug-likeness (QED) is 0.0311. The maximum Gasteiger partial charge on any atom is 0.453 e. The number of carbonyl (C=O) groups is 6. The first-order valence-corrected chi connectivity index (χ1v) is 32.9. The summed E-state index contributed by atoms with van der Waals surface area (Å²) in [5.41, 5.74) is 9.10. The molecule has 8 aromatic heterocycles. The lowest BCUT2D eigenvalue weighted by molar-refractivity contribution is -0.285. The van der Waals surface area contributed by atoms with Gasteiger partial charge in [0, 0.05) is 78.1 Å². The van der Waals surface area contributed by atoms with Gasteiger partial charge in [0.05, 0.1) is 40.4 Å². The summed E-state index contributed by atoms with van der Waals surface area (Å²) in [7, 11) is 0. The van der Waals surface area contributed by atoms with Crippen molar-refractivity contribution in [3.05, 3.63) is 82.3 Å². The molecular formula is C64H58ClF13N22O6. The molecule has 3 atom stereocenters. The van der Waals surface area contributed by atoms with Crippen LogP contribution < -0.4 is 43.4 Å². The molecule has 3 unspecified atom stereocenters. The Kier molecular flexibility index (Phi) is 17.9. The Bertz CT molecular complexity index is 5150. The first-order valence-electron chi connectivity index (χ1n) is 32.5. The van der Waals surface area contributed by atoms with Crippen LogP contribution in [0, 0.1) is 6.92 Å². The summed E-state index contributed by atoms with van der Waals surface area (Å²) in [5, 5.41) is 30.0. The molecule has 1 aromatic carbocycles. The first kappa shape index (κ1) is 73.3. The average molecular weight is 1510 g/mol. The Labute approximate surface area is 592 Å². The molecule has 15 rings (SSSR count). The molecule has 0 bridgehead atoms. The minimum Gasteiger partial charge on any atom is -0.383 e. The van der Waals surface area contributed by atoms with E-state index in [1.54, 1.807) is 19.1 Å². The van der Waals surface area contributed by atoms with Gasteiger partial charge in [0.15, 0.2) is 45.0 Å². The Morgan fingerprint density at radius 1 is 0.509 bits per heavy atom. The molecule has 3 fully saturated rings. The van der Waals surface area contributed by atoms with Crippen molar-refractivity contribution in [1.82, 2.24) is 85.2 Å². The summed E-state index contributed by atoms with van der Waals surface area (Å²) < 4.78 is 171. The third-order valence-electron chi connectivity index (χ3n) is 18.7. The van der Waals surface area contributed by atoms with E-state index < -0.39 is 121 Å². The predicted molar refractivity (Wildman–Crippen MR) is 350 cm³/mol. The standard InChI is InChI=1S/C23H20ClF5N6O2.C21H19F5N8O2.C20H19F3N8O2/c1-10-15-17(33-20(37)21(15,2)19(36)31-12-4-5-12)32-18(30-10)16-13-6-3-11(24)9-14(13)35(34-16)8-7-22(25,26)23(27,28)29;1-19(17(35)29-9-4-5-9)11-13(27)30-15(31-14(11)32-18(19)36)12-10-3-2-7-28-16(10)34(33-12)8-6-20(22,23)21(24,25)26;1-19(17(32)26-9-4-5-9)11-13(24)27-15(28-14(11)29-18(19)33)12-10-3-2-7-25-16(10)31(30-12)8-6-20(21,22)23/h3,6,9,12H,4-5,7-8H2,1-2H3,(H,31,36)(H,30,32,33,37);2-3,7,9H,4-6,8H2,1H3,(H,29,35)(H3,27,30,31,32,36);2-3,7,9H,4-6,8H2,1H3,(H,26,32)(H3,24,27,28,29,33). The van der Waals surface area contributed by atoms with E-state index in [4.69, 9.17) is 23.1 Å². The van der Waals surface area contributed by atoms with Crippen molar-refractivity contribution in [2.75, 3.05) is 27.4 Å². The fraction of sp³-hybridized carbons (Fsp3) is 0.422. The van der Waals surface area contributed by atoms with E-state index in [1.807, 2.05) is 0 Å². The fourth-order valence-electron chi connectivity index (χ4n) is 12.2. The molecule has 6 amide bonds. The van der Waals surface area contributed by atoms with E-state index in [0.29, 0.717) is 22.0 Å². The lowest BCUT2D eigenvalue weighted by atomic mass is 9.82. The topological polar surface area (TPSA) is 383 Å². The van der Waals surface area contributed by atoms with E-state index >= 15 is 0 Å². The van der Waals surface area contributed by atoms with Crippen molar-refractivity contribution in [2.45, 2.75) is 170 Å². The highest BCUT2D eigenvalue weighted by Crippen LogP contribution is 2.47. The van der Waals surface area contributed by atoms with E-state index in [9.17, 15) is 85.8 Å². The number of hydrogen-bond donors (Lipinski definition) is 8. The number of benzene rings is 1. The van der Waals surface area contributed by atoms with Gasteiger partial charge < -0.3 is 43.4 Å². The number of amides is 6. The number of rotatable bonds is 17. The molecule has 106 heavy (non-hydrogen) atoms. The molecule has 3 saturated carbocycles. The largest absolute Gasteiger partial charge is 0.453 e. The van der Waals surface area contributed by atoms with Gasteiger partial charge >= 0.3 is 30.4 Å². The van der Waals surface area contributed by atoms with Crippen LogP contribution >= 0.6 is 11.6 Å². The number of halogens is 14. The van der Waals surface area contributed by atoms with Crippen molar-refractivity contribution in [2.24, 2.45) is 0 Å². The molecule has 42 heteroatoms. The van der Waals surface area contributed by atoms with Gasteiger partial charge in [-0.2, -0.15) is 72.4 Å². The number of anilines is 5. The summed E-state index contributed by atoms with van der Waals surface area (Å²) >= 11 is 6.04. The van der Waals surface area contributed by atoms with Gasteiger partial charge in [-0.3, -0.25) is 33.4 Å². The zero-order valence-corrected chi connectivity index (χ0v) is 56.3. The Balaban J connectivity index is 0.000000141. The van der Waals surface area contributed by atoms with Gasteiger partial charge in [-0.05, 0) is 109 Å². The minimum atomic E-state index is -5.71. The average Bonchev–Trinajstić information content (AvgIpc) is 1.59. The molecule has 9 aromatic rings. The SMILES string of the molecule is CC1(C(=O)NC2CC2)C(=O)Nc2nc(-c3nn(CCC(F)(F)C(F)(F)F)c4ncccc34)nc(N)c21.CC1(C(=O)NC2CC2)C(=O)Nc2nc(-c3nn(CCC(F)(F)F)c4ncccc34)nc(N)c21.Cc1nc(-c2nn(CCC(F)(F)C(F)(F)F)c3cc(Cl)ccc23)nc2c1C(C)(C(=O)NC1CC1)C(=O)N2. The second kappa shape index (κ2) is 25.9. The molecule has 28 nitrogen and oxygen atoms in total. The summed E-state index contributed by atoms with van der Waals surface area (Å²) in [6.07, 6.45) is -12.2. The number of alkyl halides is 13. The van der Waals surface area contributed by atoms with E-state index in [2.05, 4.69) is 87.1 Å². The molecule has 3 aliphatic heterocycles. The molecule has 0 radical (unpaired) electrons. The van der Waals surface area contributed by atoms with Crippen LogP contribution in [-0.2, 0) is 64.6 Å². The predicted octanol–water partition coefficient (Wildman–Crippen LogP) is 8.99. The summed E-state index contributed by atoms with van der Waals surface area (Å²) in [6, 6.07) is 10.7. The van der Waals surface area contributed by atoms with Crippen molar-refractivity contribution < 1.29 is 85.8 Å². The highest BCUT2D eigenvalue weighted by atomic mass is 35.5. The van der Waals surface area contributed by atoms with Crippen LogP contribution in [0.4, 0.5) is 86.2 Å². The Morgan fingerprint density at radius 3 is 1.26 bits per heavy atom. The van der Waals surface area contributed by atoms with Crippen LogP contribution in [0.1, 0.15) is 101 Å². The lowest BCUT2D eigenvalue weighted by Gasteiger charge is -2.22. The van der Waals surface area contributed by atoms with Gasteiger partial charge in [0.25, 0.3) is 0 Å². The molecule has 0 spiro atoms. The van der Waals surface area contributed by atoms with Crippen LogP contribution in [0.5, 0.6) is 0 Å². The van der Waals surface area contributed by atoms with Gasteiger partial charge in [-0.25, -0.2) is 49.2 Å². The molecule has 10 N–H and O–H groups in total. The van der Waals surface area contributed by atoms with E-state index in [1.165, 1.54) is 63.5 Å². The molecule has 6 aliphatic rings. The number of hydrogen-bond acceptors (Lipinski definition) is 19. The molecule has 0 saturated heterocycles. The van der Waals surface area contributed by atoms with E-state index in [-0.39, 0.29) is 120 Å². The zero-order valence-electron chi connectivity index (χ0n) is 55.6. The van der Waals surface area contributed by atoms with Crippen molar-refractivity contribution >= 4 is 109 Å². The maximum atomic E-state index is 13.6. The third-order valence-corrected chi connectivity index (χ3v) is 18.9. The highest BCUT2D eigenvalue weighted by molar-refractivity contribution is 6.31. The summed E-state index contributed by atoms with van der Waals surface area (Å²) in [4.78, 5) is 111. The summed E-state index contributed by atoms with van der Waals surface area (Å²) in [6.45, 7) is 3.94. The molecule has 558 valence electrons. The lowest BCUT2D eigenvalue weighted by Crippen LogP contribution is -2.48. The number of aromatic nitrogens is 14. The number of fused-ring (bicyclic) bond motifs is 6. The van der Waals surface area contributed by atoms with Crippen LogP contribution in [0.3, 0.4) is 0 Å². The van der Waals surface area contributed by atoms with Crippen LogP contribution in [0.15, 0.2) is 54.9 Å². The molecular weight excluding hydrogens is 1460 g/mol. The van der Waals surface area contributed by atoms with Crippen LogP contribution in [-0.4, -0.2) is 153 Å². The highest BCUT2D eigenvalue weighted by Gasteiger charge is 2.59. The monoisotopic (exact) mass is 1510 g/mol. The third kappa shape index (κ3) is 13.3.